The number of hydrogen-bond donors (Lipinski definition) is 0. The number of halogens is 3. The largest absolute Gasteiger partial charge is 0.493 e. The van der Waals surface area contributed by atoms with E-state index in [4.69, 9.17) is 4.74 Å². The summed E-state index contributed by atoms with van der Waals surface area (Å²) in [6.45, 7) is 3.78. The molecule has 8 heteroatoms. The van der Waals surface area contributed by atoms with Crippen LogP contribution < -0.4 is 4.74 Å². The molecular weight excluding hydrogens is 359 g/mol. The van der Waals surface area contributed by atoms with Gasteiger partial charge in [-0.25, -0.2) is 9.50 Å². The van der Waals surface area contributed by atoms with Gasteiger partial charge in [0.25, 0.3) is 0 Å². The molecule has 0 spiro atoms. The number of carbonyl (C=O) groups excluding carboxylic acids is 1. The molecule has 3 aromatic rings. The third-order valence-electron chi connectivity index (χ3n) is 3.88. The van der Waals surface area contributed by atoms with Crippen LogP contribution in [-0.2, 0) is 6.18 Å². The fraction of sp³-hybridized carbons (Fsp3) is 0.211. The van der Waals surface area contributed by atoms with Crippen molar-refractivity contribution >= 4 is 17.5 Å². The number of para-hydroxylation sites is 1. The van der Waals surface area contributed by atoms with E-state index in [2.05, 4.69) is 10.1 Å². The van der Waals surface area contributed by atoms with E-state index in [0.29, 0.717) is 29.2 Å². The van der Waals surface area contributed by atoms with Gasteiger partial charge in [0.2, 0.25) is 0 Å². The van der Waals surface area contributed by atoms with Crippen molar-refractivity contribution in [3.63, 3.8) is 0 Å². The average Bonchev–Trinajstić information content (AvgIpc) is 2.94. The van der Waals surface area contributed by atoms with Crippen molar-refractivity contribution < 1.29 is 22.7 Å². The van der Waals surface area contributed by atoms with Crippen LogP contribution in [0.4, 0.5) is 13.2 Å². The fourth-order valence-corrected chi connectivity index (χ4v) is 2.68. The lowest BCUT2D eigenvalue weighted by atomic mass is 10.1. The molecule has 140 valence electrons. The molecule has 0 fully saturated rings. The molecule has 0 unspecified atom stereocenters. The number of hydrogen-bond acceptors (Lipinski definition) is 4. The van der Waals surface area contributed by atoms with E-state index in [1.54, 1.807) is 31.2 Å². The maximum Gasteiger partial charge on any atom is 0.433 e. The lowest BCUT2D eigenvalue weighted by Gasteiger charge is -2.07. The molecule has 0 saturated carbocycles. The van der Waals surface area contributed by atoms with Crippen molar-refractivity contribution in [2.45, 2.75) is 20.0 Å². The van der Waals surface area contributed by atoms with Crippen LogP contribution in [0, 0.1) is 6.92 Å². The minimum Gasteiger partial charge on any atom is -0.493 e. The summed E-state index contributed by atoms with van der Waals surface area (Å²) in [7, 11) is 0. The average molecular weight is 375 g/mol. The number of aromatic nitrogens is 3. The molecule has 5 nitrogen and oxygen atoms in total. The van der Waals surface area contributed by atoms with Gasteiger partial charge in [0.15, 0.2) is 11.4 Å². The van der Waals surface area contributed by atoms with Gasteiger partial charge in [-0.2, -0.15) is 18.3 Å². The Labute approximate surface area is 153 Å². The summed E-state index contributed by atoms with van der Waals surface area (Å²) in [4.78, 5) is 16.5. The predicted molar refractivity (Wildman–Crippen MR) is 93.7 cm³/mol. The summed E-state index contributed by atoms with van der Waals surface area (Å²) in [5.74, 6) is 0.119. The molecule has 0 bridgehead atoms. The van der Waals surface area contributed by atoms with Gasteiger partial charge >= 0.3 is 6.18 Å². The van der Waals surface area contributed by atoms with E-state index < -0.39 is 11.9 Å². The monoisotopic (exact) mass is 375 g/mol. The molecule has 0 N–H and O–H groups in total. The van der Waals surface area contributed by atoms with Gasteiger partial charge in [0.1, 0.15) is 11.4 Å². The van der Waals surface area contributed by atoms with Crippen LogP contribution in [-0.4, -0.2) is 27.0 Å². The van der Waals surface area contributed by atoms with Gasteiger partial charge in [-0.3, -0.25) is 4.79 Å². The van der Waals surface area contributed by atoms with Gasteiger partial charge in [-0.05, 0) is 44.2 Å². The summed E-state index contributed by atoms with van der Waals surface area (Å²) in [6, 6.07) is 7.63. The van der Waals surface area contributed by atoms with Gasteiger partial charge < -0.3 is 4.74 Å². The first-order chi connectivity index (χ1) is 12.8. The van der Waals surface area contributed by atoms with Gasteiger partial charge in [-0.15, -0.1) is 0 Å². The first-order valence-electron chi connectivity index (χ1n) is 8.18. The highest BCUT2D eigenvalue weighted by Gasteiger charge is 2.34. The molecule has 2 aromatic heterocycles. The molecule has 2 heterocycles. The highest BCUT2D eigenvalue weighted by atomic mass is 19.4. The van der Waals surface area contributed by atoms with E-state index in [1.165, 1.54) is 12.2 Å². The zero-order valence-electron chi connectivity index (χ0n) is 14.6. The SMILES string of the molecule is CCOc1ccccc1C(=O)C=Cc1c(C)nn2c(C(F)(F)F)ccnc12. The predicted octanol–water partition coefficient (Wildman–Crippen LogP) is 4.35. The zero-order valence-corrected chi connectivity index (χ0v) is 14.6. The number of fused-ring (bicyclic) bond motifs is 1. The second kappa shape index (κ2) is 7.22. The lowest BCUT2D eigenvalue weighted by molar-refractivity contribution is -0.142. The van der Waals surface area contributed by atoms with Crippen LogP contribution in [0.15, 0.2) is 42.6 Å². The first-order valence-corrected chi connectivity index (χ1v) is 8.18. The molecule has 0 aliphatic rings. The molecule has 0 saturated heterocycles. The Morgan fingerprint density at radius 3 is 2.70 bits per heavy atom. The standard InChI is InChI=1S/C19H16F3N3O2/c1-3-27-16-7-5-4-6-14(16)15(26)9-8-13-12(2)24-25-17(19(20,21)22)10-11-23-18(13)25/h4-11H,3H2,1-2H3. The minimum atomic E-state index is -4.56. The first kappa shape index (κ1) is 18.6. The van der Waals surface area contributed by atoms with Crippen molar-refractivity contribution in [2.24, 2.45) is 0 Å². The van der Waals surface area contributed by atoms with Crippen molar-refractivity contribution in [1.29, 1.82) is 0 Å². The third-order valence-corrected chi connectivity index (χ3v) is 3.88. The number of benzene rings is 1. The number of allylic oxidation sites excluding steroid dienone is 1. The van der Waals surface area contributed by atoms with Crippen LogP contribution in [0.2, 0.25) is 0 Å². The quantitative estimate of drug-likeness (QED) is 0.491. The van der Waals surface area contributed by atoms with Crippen molar-refractivity contribution in [3.8, 4) is 5.75 Å². The van der Waals surface area contributed by atoms with E-state index in [-0.39, 0.29) is 11.4 Å². The van der Waals surface area contributed by atoms with Gasteiger partial charge in [-0.1, -0.05) is 12.1 Å². The molecule has 27 heavy (non-hydrogen) atoms. The Morgan fingerprint density at radius 1 is 1.26 bits per heavy atom. The molecule has 0 amide bonds. The summed E-state index contributed by atoms with van der Waals surface area (Å²) in [5.41, 5.74) is 0.158. The molecule has 0 radical (unpaired) electrons. The summed E-state index contributed by atoms with van der Waals surface area (Å²) >= 11 is 0. The van der Waals surface area contributed by atoms with Crippen molar-refractivity contribution in [2.75, 3.05) is 6.61 Å². The number of ketones is 1. The number of alkyl halides is 3. The van der Waals surface area contributed by atoms with E-state index in [1.807, 2.05) is 6.92 Å². The van der Waals surface area contributed by atoms with Crippen LogP contribution in [0.1, 0.15) is 34.2 Å². The molecule has 1 aromatic carbocycles. The van der Waals surface area contributed by atoms with E-state index in [0.717, 1.165) is 16.8 Å². The number of rotatable bonds is 5. The van der Waals surface area contributed by atoms with Crippen molar-refractivity contribution in [1.82, 2.24) is 14.6 Å². The van der Waals surface area contributed by atoms with E-state index in [9.17, 15) is 18.0 Å². The molecule has 0 aliphatic heterocycles. The smallest absolute Gasteiger partial charge is 0.433 e. The third kappa shape index (κ3) is 3.69. The molecule has 0 atom stereocenters. The Bertz CT molecular complexity index is 1020. The summed E-state index contributed by atoms with van der Waals surface area (Å²) < 4.78 is 45.6. The van der Waals surface area contributed by atoms with Gasteiger partial charge in [0.05, 0.1) is 17.9 Å². The zero-order chi connectivity index (χ0) is 19.6. The number of carbonyl (C=O) groups is 1. The van der Waals surface area contributed by atoms with Gasteiger partial charge in [0, 0.05) is 11.8 Å². The highest BCUT2D eigenvalue weighted by Crippen LogP contribution is 2.30. The normalized spacial score (nSPS) is 12.0. The van der Waals surface area contributed by atoms with Crippen LogP contribution in [0.3, 0.4) is 0 Å². The molecule has 3 rings (SSSR count). The Balaban J connectivity index is 2.00. The maximum atomic E-state index is 13.1. The molecule has 0 aliphatic carbocycles. The maximum absolute atomic E-state index is 13.1. The van der Waals surface area contributed by atoms with Crippen LogP contribution in [0.5, 0.6) is 5.75 Å². The number of ether oxygens (including phenoxy) is 1. The molecular formula is C19H16F3N3O2. The Morgan fingerprint density at radius 2 is 2.00 bits per heavy atom. The number of aryl methyl sites for hydroxylation is 1. The Kier molecular flexibility index (Phi) is 4.98. The second-order valence-corrected chi connectivity index (χ2v) is 5.69. The van der Waals surface area contributed by atoms with Crippen LogP contribution in [0.25, 0.3) is 11.7 Å². The second-order valence-electron chi connectivity index (χ2n) is 5.69. The Hall–Kier alpha value is -3.16. The van der Waals surface area contributed by atoms with Crippen LogP contribution >= 0.6 is 0 Å². The number of nitrogens with zero attached hydrogens (tertiary/aromatic N) is 3. The van der Waals surface area contributed by atoms with Crippen molar-refractivity contribution in [3.05, 3.63) is 65.1 Å². The lowest BCUT2D eigenvalue weighted by Crippen LogP contribution is -2.12. The highest BCUT2D eigenvalue weighted by molar-refractivity contribution is 6.09. The minimum absolute atomic E-state index is 0.0319. The fourth-order valence-electron chi connectivity index (χ4n) is 2.68. The van der Waals surface area contributed by atoms with E-state index >= 15 is 0 Å². The topological polar surface area (TPSA) is 56.5 Å². The summed E-state index contributed by atoms with van der Waals surface area (Å²) in [5, 5.41) is 3.92. The summed E-state index contributed by atoms with van der Waals surface area (Å²) in [6.07, 6.45) is -0.782.